The number of nitrogens with one attached hydrogen (secondary N) is 1. The van der Waals surface area contributed by atoms with E-state index in [0.29, 0.717) is 5.56 Å². The Morgan fingerprint density at radius 3 is 2.32 bits per heavy atom. The molecule has 2 aliphatic heterocycles. The van der Waals surface area contributed by atoms with Gasteiger partial charge in [0.2, 0.25) is 11.7 Å². The summed E-state index contributed by atoms with van der Waals surface area (Å²) >= 11 is 0. The van der Waals surface area contributed by atoms with Crippen LogP contribution in [0.15, 0.2) is 30.3 Å². The van der Waals surface area contributed by atoms with Crippen LogP contribution in [-0.4, -0.2) is 18.3 Å². The van der Waals surface area contributed by atoms with Gasteiger partial charge in [0.1, 0.15) is 0 Å². The molecule has 2 saturated heterocycles. The number of benzene rings is 1. The maximum Gasteiger partial charge on any atom is 0.218 e. The van der Waals surface area contributed by atoms with Crippen molar-refractivity contribution in [3.8, 4) is 18.2 Å². The van der Waals surface area contributed by atoms with E-state index in [1.807, 2.05) is 18.2 Å². The highest BCUT2D eigenvalue weighted by molar-refractivity contribution is 5.90. The molecule has 3 atom stereocenters. The number of fused-ring (bicyclic) bond motifs is 2. The number of hydrogen-bond acceptors (Lipinski definition) is 6. The summed E-state index contributed by atoms with van der Waals surface area (Å²) < 4.78 is 11.2. The van der Waals surface area contributed by atoms with Gasteiger partial charge >= 0.3 is 0 Å². The molecule has 3 rings (SSSR count). The first-order valence-corrected chi connectivity index (χ1v) is 6.70. The predicted molar refractivity (Wildman–Crippen MR) is 74.1 cm³/mol. The van der Waals surface area contributed by atoms with Crippen molar-refractivity contribution in [3.05, 3.63) is 35.9 Å². The van der Waals surface area contributed by atoms with E-state index in [1.54, 1.807) is 31.2 Å². The topological polar surface area (TPSA) is 114 Å². The highest BCUT2D eigenvalue weighted by Crippen LogP contribution is 2.63. The van der Waals surface area contributed by atoms with Crippen molar-refractivity contribution in [1.82, 2.24) is 0 Å². The van der Waals surface area contributed by atoms with E-state index in [4.69, 9.17) is 14.9 Å². The third kappa shape index (κ3) is 1.36. The fourth-order valence-electron chi connectivity index (χ4n) is 3.46. The summed E-state index contributed by atoms with van der Waals surface area (Å²) in [6.07, 6.45) is 0. The standard InChI is InChI=1S/C16H12N4O2/c1-14-12(11-5-3-2-4-6-11)16(9-19,13(20)22-14)15(7-17,8-18)10-21-14/h2-6,12,20H,10H2,1H3/t12-,14+,16-/m1/s1. The van der Waals surface area contributed by atoms with Crippen LogP contribution in [0, 0.1) is 50.2 Å². The smallest absolute Gasteiger partial charge is 0.218 e. The van der Waals surface area contributed by atoms with E-state index >= 15 is 0 Å². The Morgan fingerprint density at radius 2 is 1.77 bits per heavy atom. The zero-order valence-corrected chi connectivity index (χ0v) is 11.8. The summed E-state index contributed by atoms with van der Waals surface area (Å²) in [5.74, 6) is -2.36. The monoisotopic (exact) mass is 292 g/mol. The summed E-state index contributed by atoms with van der Waals surface area (Å²) in [6.45, 7) is 1.37. The van der Waals surface area contributed by atoms with Gasteiger partial charge in [-0.05, 0) is 5.56 Å². The SMILES string of the molecule is C[C@]12OCC(C#N)(C#N)[C@@](C#N)(C(=N)O1)[C@@H]2c1ccccc1. The average molecular weight is 292 g/mol. The maximum atomic E-state index is 9.85. The number of hydrogen-bond donors (Lipinski definition) is 1. The van der Waals surface area contributed by atoms with Crippen LogP contribution >= 0.6 is 0 Å². The van der Waals surface area contributed by atoms with E-state index in [-0.39, 0.29) is 12.5 Å². The van der Waals surface area contributed by atoms with Crippen molar-refractivity contribution in [2.75, 3.05) is 6.61 Å². The van der Waals surface area contributed by atoms with Gasteiger partial charge in [-0.3, -0.25) is 5.41 Å². The molecule has 2 bridgehead atoms. The minimum atomic E-state index is -1.78. The van der Waals surface area contributed by atoms with Crippen LogP contribution < -0.4 is 0 Å². The van der Waals surface area contributed by atoms with Crippen LogP contribution in [0.5, 0.6) is 0 Å². The second-order valence-electron chi connectivity index (χ2n) is 5.63. The zero-order chi connectivity index (χ0) is 16.0. The molecule has 6 heteroatoms. The minimum Gasteiger partial charge on any atom is -0.447 e. The minimum absolute atomic E-state index is 0.268. The van der Waals surface area contributed by atoms with Crippen LogP contribution in [0.4, 0.5) is 0 Å². The van der Waals surface area contributed by atoms with E-state index in [0.717, 1.165) is 0 Å². The van der Waals surface area contributed by atoms with Gasteiger partial charge < -0.3 is 9.47 Å². The molecule has 0 aliphatic carbocycles. The van der Waals surface area contributed by atoms with E-state index in [9.17, 15) is 15.8 Å². The molecule has 2 aliphatic rings. The molecule has 0 spiro atoms. The third-order valence-corrected chi connectivity index (χ3v) is 4.56. The second-order valence-corrected chi connectivity index (χ2v) is 5.63. The van der Waals surface area contributed by atoms with Gasteiger partial charge in [0.05, 0.1) is 30.7 Å². The van der Waals surface area contributed by atoms with Crippen molar-refractivity contribution >= 4 is 5.90 Å². The molecular weight excluding hydrogens is 280 g/mol. The van der Waals surface area contributed by atoms with Crippen molar-refractivity contribution < 1.29 is 9.47 Å². The highest BCUT2D eigenvalue weighted by Gasteiger charge is 2.76. The van der Waals surface area contributed by atoms with E-state index in [2.05, 4.69) is 6.07 Å². The molecule has 108 valence electrons. The number of rotatable bonds is 1. The van der Waals surface area contributed by atoms with Crippen molar-refractivity contribution in [3.63, 3.8) is 0 Å². The quantitative estimate of drug-likeness (QED) is 0.851. The first-order valence-electron chi connectivity index (χ1n) is 6.70. The predicted octanol–water partition coefficient (Wildman–Crippen LogP) is 2.07. The fraction of sp³-hybridized carbons (Fsp3) is 0.375. The molecule has 2 fully saturated rings. The molecule has 1 aromatic carbocycles. The Labute approximate surface area is 127 Å². The Morgan fingerprint density at radius 1 is 1.14 bits per heavy atom. The highest BCUT2D eigenvalue weighted by atomic mass is 16.7. The molecule has 0 saturated carbocycles. The van der Waals surface area contributed by atoms with E-state index < -0.39 is 22.5 Å². The summed E-state index contributed by atoms with van der Waals surface area (Å²) in [4.78, 5) is 0. The first kappa shape index (κ1) is 14.1. The van der Waals surface area contributed by atoms with Gasteiger partial charge in [0, 0.05) is 6.92 Å². The van der Waals surface area contributed by atoms with Gasteiger partial charge in [0.25, 0.3) is 0 Å². The van der Waals surface area contributed by atoms with Gasteiger partial charge in [0.15, 0.2) is 10.8 Å². The van der Waals surface area contributed by atoms with Crippen LogP contribution in [0.3, 0.4) is 0 Å². The molecule has 0 aromatic heterocycles. The fourth-order valence-corrected chi connectivity index (χ4v) is 3.46. The van der Waals surface area contributed by atoms with Crippen LogP contribution in [-0.2, 0) is 9.47 Å². The maximum absolute atomic E-state index is 9.85. The number of nitriles is 3. The van der Waals surface area contributed by atoms with Crippen molar-refractivity contribution in [2.45, 2.75) is 18.6 Å². The van der Waals surface area contributed by atoms with Crippen LogP contribution in [0.25, 0.3) is 0 Å². The Bertz CT molecular complexity index is 756. The van der Waals surface area contributed by atoms with Gasteiger partial charge in [-0.1, -0.05) is 30.3 Å². The van der Waals surface area contributed by atoms with Gasteiger partial charge in [-0.2, -0.15) is 15.8 Å². The summed E-state index contributed by atoms with van der Waals surface area (Å²) in [5, 5.41) is 37.2. The molecule has 1 N–H and O–H groups in total. The lowest BCUT2D eigenvalue weighted by Crippen LogP contribution is -2.56. The molecule has 0 unspecified atom stereocenters. The second kappa shape index (κ2) is 4.31. The summed E-state index contributed by atoms with van der Waals surface area (Å²) in [7, 11) is 0. The molecule has 1 aromatic rings. The molecular formula is C16H12N4O2. The van der Waals surface area contributed by atoms with Crippen molar-refractivity contribution in [1.29, 1.82) is 21.2 Å². The lowest BCUT2D eigenvalue weighted by molar-refractivity contribution is -0.213. The van der Waals surface area contributed by atoms with Crippen molar-refractivity contribution in [2.24, 2.45) is 10.8 Å². The zero-order valence-electron chi connectivity index (χ0n) is 11.8. The Hall–Kier alpha value is -2.88. The van der Waals surface area contributed by atoms with Crippen LogP contribution in [0.1, 0.15) is 18.4 Å². The average Bonchev–Trinajstić information content (AvgIpc) is 2.72. The molecule has 0 radical (unpaired) electrons. The summed E-state index contributed by atoms with van der Waals surface area (Å²) in [5.41, 5.74) is -2.77. The summed E-state index contributed by atoms with van der Waals surface area (Å²) in [6, 6.07) is 14.8. The Balaban J connectivity index is 2.34. The van der Waals surface area contributed by atoms with Crippen LogP contribution in [0.2, 0.25) is 0 Å². The molecule has 0 amide bonds. The van der Waals surface area contributed by atoms with E-state index in [1.165, 1.54) is 0 Å². The lowest BCUT2D eigenvalue weighted by Gasteiger charge is -2.44. The number of ether oxygens (including phenoxy) is 2. The largest absolute Gasteiger partial charge is 0.447 e. The lowest BCUT2D eigenvalue weighted by atomic mass is 9.55. The number of nitrogens with zero attached hydrogens (tertiary/aromatic N) is 3. The normalized spacial score (nSPS) is 34.8. The van der Waals surface area contributed by atoms with Gasteiger partial charge in [-0.25, -0.2) is 0 Å². The van der Waals surface area contributed by atoms with Gasteiger partial charge in [-0.15, -0.1) is 0 Å². The Kier molecular flexibility index (Phi) is 2.75. The molecule has 6 nitrogen and oxygen atoms in total. The molecule has 22 heavy (non-hydrogen) atoms. The molecule has 2 heterocycles. The first-order chi connectivity index (χ1) is 10.5. The third-order valence-electron chi connectivity index (χ3n) is 4.56.